The Balaban J connectivity index is 1.53. The molecular weight excluding hydrogens is 378 g/mol. The molecule has 0 unspecified atom stereocenters. The van der Waals surface area contributed by atoms with Crippen molar-refractivity contribution in [2.45, 2.75) is 32.3 Å². The quantitative estimate of drug-likeness (QED) is 0.653. The summed E-state index contributed by atoms with van der Waals surface area (Å²) in [5, 5.41) is 4.83. The molecule has 5 rings (SSSR count). The van der Waals surface area contributed by atoms with E-state index in [0.717, 1.165) is 68.0 Å². The predicted octanol–water partition coefficient (Wildman–Crippen LogP) is 2.83. The van der Waals surface area contributed by atoms with Gasteiger partial charge in [0.1, 0.15) is 5.82 Å². The van der Waals surface area contributed by atoms with Crippen LogP contribution in [0.1, 0.15) is 29.7 Å². The van der Waals surface area contributed by atoms with Crippen LogP contribution in [0.3, 0.4) is 0 Å². The second-order valence-electron chi connectivity index (χ2n) is 8.12. The molecule has 0 atom stereocenters. The van der Waals surface area contributed by atoms with Gasteiger partial charge in [-0.1, -0.05) is 18.2 Å². The minimum Gasteiger partial charge on any atom is -0.381 e. The number of nitrogens with zero attached hydrogens (tertiary/aromatic N) is 3. The number of aromatic nitrogens is 3. The van der Waals surface area contributed by atoms with Crippen molar-refractivity contribution in [2.75, 3.05) is 38.2 Å². The van der Waals surface area contributed by atoms with Gasteiger partial charge >= 0.3 is 0 Å². The van der Waals surface area contributed by atoms with Gasteiger partial charge in [0.05, 0.1) is 24.4 Å². The highest BCUT2D eigenvalue weighted by atomic mass is 16.5. The topological polar surface area (TPSA) is 87.2 Å². The number of nitrogens with one attached hydrogen (secondary N) is 1. The first-order valence-corrected chi connectivity index (χ1v) is 10.9. The van der Waals surface area contributed by atoms with E-state index in [1.165, 1.54) is 10.9 Å². The van der Waals surface area contributed by atoms with Crippen LogP contribution in [0.15, 0.2) is 30.5 Å². The smallest absolute Gasteiger partial charge is 0.236 e. The first-order valence-electron chi connectivity index (χ1n) is 10.9. The summed E-state index contributed by atoms with van der Waals surface area (Å²) < 4.78 is 13.3. The van der Waals surface area contributed by atoms with Gasteiger partial charge in [-0.05, 0) is 43.4 Å². The number of anilines is 1. The number of ether oxygens (including phenoxy) is 2. The van der Waals surface area contributed by atoms with Crippen molar-refractivity contribution in [3.8, 4) is 5.95 Å². The normalized spacial score (nSPS) is 17.2. The van der Waals surface area contributed by atoms with Crippen LogP contribution in [0.2, 0.25) is 0 Å². The summed E-state index contributed by atoms with van der Waals surface area (Å²) in [6.45, 7) is 4.49. The largest absolute Gasteiger partial charge is 0.381 e. The third-order valence-corrected chi connectivity index (χ3v) is 6.13. The van der Waals surface area contributed by atoms with Gasteiger partial charge in [0, 0.05) is 43.3 Å². The van der Waals surface area contributed by atoms with Crippen LogP contribution < -0.4 is 11.1 Å². The summed E-state index contributed by atoms with van der Waals surface area (Å²) in [5.41, 5.74) is 10.4. The van der Waals surface area contributed by atoms with Crippen LogP contribution >= 0.6 is 0 Å². The second-order valence-corrected chi connectivity index (χ2v) is 8.12. The molecule has 2 aliphatic heterocycles. The number of benzene rings is 1. The maximum absolute atomic E-state index is 5.85. The molecule has 158 valence electrons. The molecule has 4 heterocycles. The van der Waals surface area contributed by atoms with Crippen LogP contribution in [-0.2, 0) is 28.9 Å². The first-order chi connectivity index (χ1) is 14.8. The zero-order valence-electron chi connectivity index (χ0n) is 17.3. The van der Waals surface area contributed by atoms with Crippen LogP contribution in [0.5, 0.6) is 0 Å². The van der Waals surface area contributed by atoms with E-state index in [-0.39, 0.29) is 0 Å². The van der Waals surface area contributed by atoms with Gasteiger partial charge in [-0.2, -0.15) is 4.98 Å². The van der Waals surface area contributed by atoms with Gasteiger partial charge in [0.25, 0.3) is 0 Å². The highest BCUT2D eigenvalue weighted by molar-refractivity contribution is 5.85. The van der Waals surface area contributed by atoms with Crippen molar-refractivity contribution in [1.82, 2.24) is 14.5 Å². The van der Waals surface area contributed by atoms with Gasteiger partial charge in [0.2, 0.25) is 5.95 Å². The predicted molar refractivity (Wildman–Crippen MR) is 117 cm³/mol. The lowest BCUT2D eigenvalue weighted by Crippen LogP contribution is -2.25. The zero-order valence-corrected chi connectivity index (χ0v) is 17.3. The van der Waals surface area contributed by atoms with E-state index >= 15 is 0 Å². The number of para-hydroxylation sites is 1. The molecule has 7 nitrogen and oxygen atoms in total. The average molecular weight is 408 g/mol. The van der Waals surface area contributed by atoms with Crippen molar-refractivity contribution in [3.63, 3.8) is 0 Å². The molecule has 1 aromatic carbocycles. The molecule has 3 aromatic rings. The highest BCUT2D eigenvalue weighted by Gasteiger charge is 2.21. The average Bonchev–Trinajstić information content (AvgIpc) is 3.17. The monoisotopic (exact) mass is 407 g/mol. The van der Waals surface area contributed by atoms with Gasteiger partial charge < -0.3 is 20.5 Å². The Hall–Kier alpha value is -2.48. The number of rotatable bonds is 6. The van der Waals surface area contributed by atoms with E-state index in [1.54, 1.807) is 0 Å². The third-order valence-electron chi connectivity index (χ3n) is 6.13. The maximum Gasteiger partial charge on any atom is 0.236 e. The Morgan fingerprint density at radius 2 is 1.97 bits per heavy atom. The lowest BCUT2D eigenvalue weighted by molar-refractivity contribution is 0.0698. The van der Waals surface area contributed by atoms with Crippen LogP contribution in [0.25, 0.3) is 16.9 Å². The maximum atomic E-state index is 5.85. The molecule has 1 fully saturated rings. The molecule has 2 aromatic heterocycles. The van der Waals surface area contributed by atoms with Crippen molar-refractivity contribution in [3.05, 3.63) is 47.3 Å². The fraction of sp³-hybridized carbons (Fsp3) is 0.478. The molecular formula is C23H29N5O2. The summed E-state index contributed by atoms with van der Waals surface area (Å²) in [6.07, 6.45) is 5.97. The van der Waals surface area contributed by atoms with Crippen molar-refractivity contribution >= 4 is 16.7 Å². The van der Waals surface area contributed by atoms with Crippen LogP contribution in [-0.4, -0.2) is 47.4 Å². The van der Waals surface area contributed by atoms with E-state index in [4.69, 9.17) is 25.2 Å². The summed E-state index contributed by atoms with van der Waals surface area (Å²) in [4.78, 5) is 9.91. The lowest BCUT2D eigenvalue weighted by Gasteiger charge is -2.25. The first kappa shape index (κ1) is 19.5. The minimum atomic E-state index is 0.566. The number of nitrogens with two attached hydrogens (primary N) is 1. The zero-order chi connectivity index (χ0) is 20.3. The fourth-order valence-electron chi connectivity index (χ4n) is 4.43. The summed E-state index contributed by atoms with van der Waals surface area (Å²) >= 11 is 0. The van der Waals surface area contributed by atoms with Crippen molar-refractivity contribution < 1.29 is 9.47 Å². The van der Waals surface area contributed by atoms with E-state index in [2.05, 4.69) is 40.3 Å². The Kier molecular flexibility index (Phi) is 5.66. The fourth-order valence-corrected chi connectivity index (χ4v) is 4.43. The molecule has 3 N–H and O–H groups in total. The summed E-state index contributed by atoms with van der Waals surface area (Å²) in [5.74, 6) is 2.23. The summed E-state index contributed by atoms with van der Waals surface area (Å²) in [7, 11) is 0. The molecule has 0 saturated carbocycles. The van der Waals surface area contributed by atoms with Gasteiger partial charge in [-0.15, -0.1) is 0 Å². The van der Waals surface area contributed by atoms with Crippen molar-refractivity contribution in [1.29, 1.82) is 0 Å². The molecule has 0 bridgehead atoms. The number of fused-ring (bicyclic) bond motifs is 2. The molecule has 30 heavy (non-hydrogen) atoms. The van der Waals surface area contributed by atoms with Gasteiger partial charge in [0.15, 0.2) is 0 Å². The van der Waals surface area contributed by atoms with E-state index in [9.17, 15) is 0 Å². The second kappa shape index (κ2) is 8.71. The molecule has 0 amide bonds. The SMILES string of the molecule is NCCc1cn(-c2nc3c(c(NCC4CCOCC4)n2)COCC3)c2ccccc12. The van der Waals surface area contributed by atoms with Gasteiger partial charge in [-0.3, -0.25) is 4.57 Å². The standard InChI is InChI=1S/C23H29N5O2/c24-9-5-17-14-28(21-4-2-1-3-18(17)21)23-26-20-8-12-30-15-19(20)22(27-23)25-13-16-6-10-29-11-7-16/h1-4,14,16H,5-13,15,24H2,(H,25,26,27). The van der Waals surface area contributed by atoms with E-state index in [0.29, 0.717) is 31.6 Å². The van der Waals surface area contributed by atoms with Crippen molar-refractivity contribution in [2.24, 2.45) is 11.7 Å². The Morgan fingerprint density at radius 3 is 2.83 bits per heavy atom. The van der Waals surface area contributed by atoms with E-state index in [1.807, 2.05) is 0 Å². The lowest BCUT2D eigenvalue weighted by atomic mass is 10.0. The number of hydrogen-bond acceptors (Lipinski definition) is 6. The molecule has 0 radical (unpaired) electrons. The molecule has 0 spiro atoms. The molecule has 7 heteroatoms. The molecule has 1 saturated heterocycles. The van der Waals surface area contributed by atoms with Crippen LogP contribution in [0.4, 0.5) is 5.82 Å². The molecule has 0 aliphatic carbocycles. The highest BCUT2D eigenvalue weighted by Crippen LogP contribution is 2.28. The summed E-state index contributed by atoms with van der Waals surface area (Å²) in [6, 6.07) is 8.39. The van der Waals surface area contributed by atoms with Crippen LogP contribution in [0, 0.1) is 5.92 Å². The molecule has 2 aliphatic rings. The number of hydrogen-bond donors (Lipinski definition) is 2. The minimum absolute atomic E-state index is 0.566. The van der Waals surface area contributed by atoms with Gasteiger partial charge in [-0.25, -0.2) is 4.98 Å². The Bertz CT molecular complexity index is 1030. The van der Waals surface area contributed by atoms with E-state index < -0.39 is 0 Å². The Morgan fingerprint density at radius 1 is 1.10 bits per heavy atom. The third kappa shape index (κ3) is 3.80. The Labute approximate surface area is 176 Å².